The summed E-state index contributed by atoms with van der Waals surface area (Å²) in [6.45, 7) is 0. The highest BCUT2D eigenvalue weighted by atomic mass is 16.2. The van der Waals surface area contributed by atoms with Crippen LogP contribution in [0.25, 0.3) is 0 Å². The maximum Gasteiger partial charge on any atom is 0.224 e. The fourth-order valence-corrected chi connectivity index (χ4v) is 4.07. The Balaban J connectivity index is 1.53. The van der Waals surface area contributed by atoms with Gasteiger partial charge in [-0.2, -0.15) is 0 Å². The van der Waals surface area contributed by atoms with Crippen LogP contribution in [0, 0.1) is 17.8 Å². The average Bonchev–Trinajstić information content (AvgIpc) is 3.33. The van der Waals surface area contributed by atoms with Gasteiger partial charge in [-0.25, -0.2) is 4.98 Å². The molecule has 1 amide bonds. The van der Waals surface area contributed by atoms with E-state index in [1.807, 2.05) is 36.0 Å². The molecule has 4 rings (SSSR count). The number of benzene rings is 1. The summed E-state index contributed by atoms with van der Waals surface area (Å²) in [6, 6.07) is 10.2. The smallest absolute Gasteiger partial charge is 0.224 e. The summed E-state index contributed by atoms with van der Waals surface area (Å²) in [6.07, 6.45) is 11.1. The van der Waals surface area contributed by atoms with E-state index in [0.29, 0.717) is 18.3 Å². The van der Waals surface area contributed by atoms with Crippen molar-refractivity contribution in [3.8, 4) is 0 Å². The van der Waals surface area contributed by atoms with Crippen LogP contribution in [-0.2, 0) is 18.3 Å². The van der Waals surface area contributed by atoms with Gasteiger partial charge in [0, 0.05) is 31.8 Å². The van der Waals surface area contributed by atoms with E-state index in [-0.39, 0.29) is 17.9 Å². The van der Waals surface area contributed by atoms with Gasteiger partial charge in [-0.05, 0) is 30.2 Å². The van der Waals surface area contributed by atoms with Gasteiger partial charge in [-0.15, -0.1) is 0 Å². The molecule has 4 nitrogen and oxygen atoms in total. The Morgan fingerprint density at radius 2 is 2.12 bits per heavy atom. The maximum atomic E-state index is 12.9. The molecule has 2 bridgehead atoms. The Morgan fingerprint density at radius 3 is 2.75 bits per heavy atom. The van der Waals surface area contributed by atoms with Crippen molar-refractivity contribution in [1.82, 2.24) is 14.9 Å². The van der Waals surface area contributed by atoms with Crippen LogP contribution in [0.2, 0.25) is 0 Å². The predicted octanol–water partition coefficient (Wildman–Crippen LogP) is 3.03. The van der Waals surface area contributed by atoms with Gasteiger partial charge in [-0.3, -0.25) is 4.79 Å². The minimum Gasteiger partial charge on any atom is -0.349 e. The number of hydrogen-bond donors (Lipinski definition) is 1. The fourth-order valence-electron chi connectivity index (χ4n) is 4.07. The summed E-state index contributed by atoms with van der Waals surface area (Å²) >= 11 is 0. The summed E-state index contributed by atoms with van der Waals surface area (Å²) in [7, 11) is 1.99. The van der Waals surface area contributed by atoms with Crippen LogP contribution in [0.3, 0.4) is 0 Å². The largest absolute Gasteiger partial charge is 0.349 e. The number of imidazole rings is 1. The molecule has 124 valence electrons. The van der Waals surface area contributed by atoms with E-state index in [4.69, 9.17) is 0 Å². The van der Waals surface area contributed by atoms with Crippen molar-refractivity contribution in [3.05, 3.63) is 66.3 Å². The second kappa shape index (κ2) is 6.27. The van der Waals surface area contributed by atoms with Crippen molar-refractivity contribution in [3.63, 3.8) is 0 Å². The summed E-state index contributed by atoms with van der Waals surface area (Å²) < 4.78 is 2.02. The molecule has 1 aromatic heterocycles. The molecule has 4 heteroatoms. The fraction of sp³-hybridized carbons (Fsp3) is 0.400. The van der Waals surface area contributed by atoms with Crippen LogP contribution in [0.1, 0.15) is 30.3 Å². The third-order valence-electron chi connectivity index (χ3n) is 5.44. The normalized spacial score (nSPS) is 25.8. The molecule has 4 unspecified atom stereocenters. The number of aromatic nitrogens is 2. The topological polar surface area (TPSA) is 46.9 Å². The van der Waals surface area contributed by atoms with E-state index in [2.05, 4.69) is 34.6 Å². The Kier molecular flexibility index (Phi) is 3.97. The van der Waals surface area contributed by atoms with Gasteiger partial charge in [0.25, 0.3) is 0 Å². The Labute approximate surface area is 142 Å². The molecule has 0 radical (unpaired) electrons. The van der Waals surface area contributed by atoms with Crippen LogP contribution in [-0.4, -0.2) is 15.5 Å². The van der Waals surface area contributed by atoms with Crippen molar-refractivity contribution in [1.29, 1.82) is 0 Å². The minimum atomic E-state index is -0.0390. The number of carbonyl (C=O) groups is 1. The van der Waals surface area contributed by atoms with Crippen LogP contribution in [0.4, 0.5) is 0 Å². The number of carbonyl (C=O) groups excluding carboxylic acids is 1. The van der Waals surface area contributed by atoms with Crippen LogP contribution in [0.5, 0.6) is 0 Å². The molecule has 1 saturated carbocycles. The lowest BCUT2D eigenvalue weighted by molar-refractivity contribution is -0.126. The quantitative estimate of drug-likeness (QED) is 0.861. The number of allylic oxidation sites excluding steroid dienone is 2. The van der Waals surface area contributed by atoms with Crippen LogP contribution >= 0.6 is 0 Å². The maximum absolute atomic E-state index is 12.9. The zero-order chi connectivity index (χ0) is 16.5. The standard InChI is InChI=1S/C20H23N3O/c1-23-10-9-21-19(23)13-18(15-5-3-2-4-6-15)22-20(24)17-12-14-7-8-16(17)11-14/h2-10,14,16-18H,11-13H2,1H3,(H,22,24). The zero-order valence-corrected chi connectivity index (χ0v) is 13.9. The molecule has 1 aromatic carbocycles. The number of fused-ring (bicyclic) bond motifs is 2. The zero-order valence-electron chi connectivity index (χ0n) is 13.9. The highest BCUT2D eigenvalue weighted by molar-refractivity contribution is 5.80. The van der Waals surface area contributed by atoms with Crippen LogP contribution < -0.4 is 5.32 Å². The lowest BCUT2D eigenvalue weighted by Gasteiger charge is -2.24. The van der Waals surface area contributed by atoms with Crippen molar-refractivity contribution in [2.24, 2.45) is 24.8 Å². The van der Waals surface area contributed by atoms with E-state index in [1.54, 1.807) is 6.20 Å². The van der Waals surface area contributed by atoms with Gasteiger partial charge in [0.2, 0.25) is 5.91 Å². The van der Waals surface area contributed by atoms with E-state index in [9.17, 15) is 4.79 Å². The van der Waals surface area contributed by atoms with E-state index >= 15 is 0 Å². The Hall–Kier alpha value is -2.36. The molecule has 24 heavy (non-hydrogen) atoms. The highest BCUT2D eigenvalue weighted by Gasteiger charge is 2.40. The summed E-state index contributed by atoms with van der Waals surface area (Å²) in [4.78, 5) is 17.3. The Bertz CT molecular complexity index is 749. The highest BCUT2D eigenvalue weighted by Crippen LogP contribution is 2.43. The van der Waals surface area contributed by atoms with Crippen LogP contribution in [0.15, 0.2) is 54.9 Å². The summed E-state index contributed by atoms with van der Waals surface area (Å²) in [5, 5.41) is 3.30. The second-order valence-electron chi connectivity index (χ2n) is 7.02. The second-order valence-corrected chi connectivity index (χ2v) is 7.02. The number of nitrogens with one attached hydrogen (secondary N) is 1. The first kappa shape index (κ1) is 15.2. The van der Waals surface area contributed by atoms with Crippen molar-refractivity contribution < 1.29 is 4.79 Å². The summed E-state index contributed by atoms with van der Waals surface area (Å²) in [5.41, 5.74) is 1.13. The minimum absolute atomic E-state index is 0.0390. The van der Waals surface area contributed by atoms with E-state index in [0.717, 1.165) is 24.2 Å². The molecular weight excluding hydrogens is 298 g/mol. The molecule has 0 spiro atoms. The number of amides is 1. The molecule has 1 heterocycles. The van der Waals surface area contributed by atoms with Gasteiger partial charge in [-0.1, -0.05) is 42.5 Å². The first-order valence-corrected chi connectivity index (χ1v) is 8.70. The average molecular weight is 321 g/mol. The number of aryl methyl sites for hydroxylation is 1. The predicted molar refractivity (Wildman–Crippen MR) is 93.1 cm³/mol. The monoisotopic (exact) mass is 321 g/mol. The SMILES string of the molecule is Cn1ccnc1CC(NC(=O)C1CC2C=CC1C2)c1ccccc1. The van der Waals surface area contributed by atoms with E-state index < -0.39 is 0 Å². The van der Waals surface area contributed by atoms with Gasteiger partial charge in [0.15, 0.2) is 0 Å². The van der Waals surface area contributed by atoms with Crippen molar-refractivity contribution in [2.45, 2.75) is 25.3 Å². The van der Waals surface area contributed by atoms with Gasteiger partial charge < -0.3 is 9.88 Å². The third kappa shape index (κ3) is 2.88. The third-order valence-corrected chi connectivity index (χ3v) is 5.44. The molecule has 2 aliphatic rings. The molecule has 2 aromatic rings. The van der Waals surface area contributed by atoms with Gasteiger partial charge in [0.1, 0.15) is 5.82 Å². The molecule has 2 aliphatic carbocycles. The number of hydrogen-bond acceptors (Lipinski definition) is 2. The molecule has 0 aliphatic heterocycles. The lowest BCUT2D eigenvalue weighted by atomic mass is 9.92. The Morgan fingerprint density at radius 1 is 1.29 bits per heavy atom. The van der Waals surface area contributed by atoms with Gasteiger partial charge >= 0.3 is 0 Å². The number of rotatable bonds is 5. The van der Waals surface area contributed by atoms with Gasteiger partial charge in [0.05, 0.1) is 6.04 Å². The van der Waals surface area contributed by atoms with E-state index in [1.165, 1.54) is 0 Å². The molecule has 1 fully saturated rings. The lowest BCUT2D eigenvalue weighted by Crippen LogP contribution is -2.36. The summed E-state index contributed by atoms with van der Waals surface area (Å²) in [5.74, 6) is 2.34. The first-order valence-electron chi connectivity index (χ1n) is 8.70. The molecule has 1 N–H and O–H groups in total. The molecular formula is C20H23N3O. The first-order chi connectivity index (χ1) is 11.7. The van der Waals surface area contributed by atoms with Crippen molar-refractivity contribution >= 4 is 5.91 Å². The molecule has 0 saturated heterocycles. The van der Waals surface area contributed by atoms with Crippen molar-refractivity contribution in [2.75, 3.05) is 0 Å². The number of nitrogens with zero attached hydrogens (tertiary/aromatic N) is 2. The molecule has 4 atom stereocenters.